The number of nitrogens with two attached hydrogens (primary N) is 1. The van der Waals surface area contributed by atoms with Gasteiger partial charge in [-0.25, -0.2) is 0 Å². The Morgan fingerprint density at radius 3 is 2.20 bits per heavy atom. The summed E-state index contributed by atoms with van der Waals surface area (Å²) in [5, 5.41) is 0.0498. The molecule has 0 aromatic carbocycles. The summed E-state index contributed by atoms with van der Waals surface area (Å²) in [6.07, 6.45) is 0.856. The van der Waals surface area contributed by atoms with Crippen molar-refractivity contribution in [2.45, 2.75) is 12.5 Å². The average molecular weight is 271 g/mol. The van der Waals surface area contributed by atoms with E-state index in [0.717, 1.165) is 18.2 Å². The number of thiocarbonyl (C=S) groups is 1. The Morgan fingerprint density at radius 2 is 1.80 bits per heavy atom. The summed E-state index contributed by atoms with van der Waals surface area (Å²) in [4.78, 5) is 0. The third-order valence-corrected chi connectivity index (χ3v) is 5.56. The lowest BCUT2D eigenvalue weighted by Crippen LogP contribution is -2.42. The molecule has 0 aromatic rings. The molecule has 0 saturated carbocycles. The number of hydrogen-bond acceptors (Lipinski definition) is 6. The Morgan fingerprint density at radius 1 is 1.27 bits per heavy atom. The highest BCUT2D eigenvalue weighted by molar-refractivity contribution is 7.95. The fourth-order valence-electron chi connectivity index (χ4n) is 1.00. The lowest BCUT2D eigenvalue weighted by Gasteiger charge is -2.23. The molecule has 0 aliphatic heterocycles. The molecule has 2 N–H and O–H groups in total. The Hall–Kier alpha value is 0.137. The highest BCUT2D eigenvalue weighted by Crippen LogP contribution is 2.17. The van der Waals surface area contributed by atoms with Crippen LogP contribution in [0.2, 0.25) is 6.04 Å². The Bertz CT molecular complexity index is 184. The molecule has 0 spiro atoms. The second-order valence-corrected chi connectivity index (χ2v) is 6.93. The standard InChI is InChI=1S/C7H17NO4S2Si/c1-9-15(10-2,11-3)6-4-5-14-12-7(8)13/h4-6H2,1-3H3,(H2,8,13). The minimum absolute atomic E-state index is 0.0498. The van der Waals surface area contributed by atoms with Crippen molar-refractivity contribution in [3.63, 3.8) is 0 Å². The van der Waals surface area contributed by atoms with Gasteiger partial charge in [-0.3, -0.25) is 0 Å². The molecule has 5 nitrogen and oxygen atoms in total. The van der Waals surface area contributed by atoms with Crippen molar-refractivity contribution in [2.24, 2.45) is 5.73 Å². The summed E-state index contributed by atoms with van der Waals surface area (Å²) >= 11 is 5.78. The highest BCUT2D eigenvalue weighted by Gasteiger charge is 2.36. The van der Waals surface area contributed by atoms with Crippen LogP contribution in [0.5, 0.6) is 0 Å². The summed E-state index contributed by atoms with van der Waals surface area (Å²) < 4.78 is 20.6. The Balaban J connectivity index is 3.67. The SMILES string of the molecule is CO[Si](CCCSOC(N)=S)(OC)OC. The molecule has 0 aliphatic rings. The molecular weight excluding hydrogens is 254 g/mol. The van der Waals surface area contributed by atoms with E-state index in [-0.39, 0.29) is 5.17 Å². The van der Waals surface area contributed by atoms with Crippen LogP contribution in [0.25, 0.3) is 0 Å². The molecular formula is C7H17NO4S2Si. The highest BCUT2D eigenvalue weighted by atomic mass is 32.2. The van der Waals surface area contributed by atoms with Gasteiger partial charge in [-0.1, -0.05) is 0 Å². The first-order chi connectivity index (χ1) is 7.10. The van der Waals surface area contributed by atoms with E-state index >= 15 is 0 Å². The Kier molecular flexibility index (Phi) is 8.38. The molecule has 0 aliphatic carbocycles. The van der Waals surface area contributed by atoms with Crippen LogP contribution in [0, 0.1) is 0 Å². The summed E-state index contributed by atoms with van der Waals surface area (Å²) in [5.74, 6) is 0.766. The van der Waals surface area contributed by atoms with E-state index in [1.807, 2.05) is 0 Å². The van der Waals surface area contributed by atoms with Gasteiger partial charge < -0.3 is 23.2 Å². The monoisotopic (exact) mass is 271 g/mol. The van der Waals surface area contributed by atoms with Gasteiger partial charge in [0.05, 0.1) is 12.0 Å². The second-order valence-electron chi connectivity index (χ2n) is 2.62. The van der Waals surface area contributed by atoms with Gasteiger partial charge in [-0.05, 0) is 18.6 Å². The molecule has 0 bridgehead atoms. The van der Waals surface area contributed by atoms with Crippen molar-refractivity contribution in [3.8, 4) is 0 Å². The smallest absolute Gasteiger partial charge is 0.398 e. The molecule has 0 rings (SSSR count). The van der Waals surface area contributed by atoms with E-state index < -0.39 is 8.80 Å². The maximum absolute atomic E-state index is 5.26. The van der Waals surface area contributed by atoms with Crippen LogP contribution in [0.15, 0.2) is 0 Å². The molecule has 0 fully saturated rings. The van der Waals surface area contributed by atoms with Crippen molar-refractivity contribution in [1.29, 1.82) is 0 Å². The van der Waals surface area contributed by atoms with Crippen molar-refractivity contribution in [3.05, 3.63) is 0 Å². The molecule has 8 heteroatoms. The maximum Gasteiger partial charge on any atom is 0.500 e. The molecule has 15 heavy (non-hydrogen) atoms. The van der Waals surface area contributed by atoms with Gasteiger partial charge in [0.2, 0.25) is 0 Å². The van der Waals surface area contributed by atoms with Gasteiger partial charge in [0.15, 0.2) is 0 Å². The third-order valence-electron chi connectivity index (χ3n) is 1.78. The zero-order chi connectivity index (χ0) is 11.7. The average Bonchev–Trinajstić information content (AvgIpc) is 2.24. The zero-order valence-corrected chi connectivity index (χ0v) is 11.8. The first-order valence-electron chi connectivity index (χ1n) is 4.34. The minimum atomic E-state index is -2.43. The van der Waals surface area contributed by atoms with Gasteiger partial charge in [0.25, 0.3) is 5.17 Å². The van der Waals surface area contributed by atoms with Crippen LogP contribution >= 0.6 is 24.3 Å². The molecule has 0 heterocycles. The van der Waals surface area contributed by atoms with Crippen molar-refractivity contribution in [1.82, 2.24) is 0 Å². The summed E-state index contributed by atoms with van der Waals surface area (Å²) in [6, 6.07) is 0.740. The van der Waals surface area contributed by atoms with E-state index in [1.54, 1.807) is 21.3 Å². The zero-order valence-electron chi connectivity index (χ0n) is 9.15. The first kappa shape index (κ1) is 15.1. The maximum atomic E-state index is 5.26. The normalized spacial score (nSPS) is 11.4. The first-order valence-corrected chi connectivity index (χ1v) is 7.59. The predicted molar refractivity (Wildman–Crippen MR) is 66.5 cm³/mol. The lowest BCUT2D eigenvalue weighted by atomic mass is 10.6. The number of rotatable bonds is 8. The second kappa shape index (κ2) is 8.31. The largest absolute Gasteiger partial charge is 0.500 e. The molecule has 90 valence electrons. The van der Waals surface area contributed by atoms with Gasteiger partial charge in [0, 0.05) is 33.1 Å². The predicted octanol–water partition coefficient (Wildman–Crippen LogP) is 1.16. The van der Waals surface area contributed by atoms with Crippen LogP contribution < -0.4 is 5.73 Å². The van der Waals surface area contributed by atoms with E-state index in [1.165, 1.54) is 12.0 Å². The molecule has 0 saturated heterocycles. The van der Waals surface area contributed by atoms with Crippen LogP contribution in [0.4, 0.5) is 0 Å². The van der Waals surface area contributed by atoms with Gasteiger partial charge in [-0.15, -0.1) is 0 Å². The van der Waals surface area contributed by atoms with E-state index in [4.69, 9.17) is 23.2 Å². The quantitative estimate of drug-likeness (QED) is 0.308. The van der Waals surface area contributed by atoms with Crippen molar-refractivity contribution >= 4 is 38.2 Å². The lowest BCUT2D eigenvalue weighted by molar-refractivity contribution is 0.123. The fraction of sp³-hybridized carbons (Fsp3) is 0.857. The van der Waals surface area contributed by atoms with Crippen molar-refractivity contribution < 1.29 is 17.5 Å². The molecule has 0 amide bonds. The molecule has 0 aromatic heterocycles. The van der Waals surface area contributed by atoms with Gasteiger partial charge in [-0.2, -0.15) is 0 Å². The number of hydrogen-bond donors (Lipinski definition) is 1. The van der Waals surface area contributed by atoms with Crippen LogP contribution in [-0.4, -0.2) is 41.1 Å². The topological polar surface area (TPSA) is 62.9 Å². The minimum Gasteiger partial charge on any atom is -0.398 e. The molecule has 0 atom stereocenters. The van der Waals surface area contributed by atoms with Crippen LogP contribution in [0.1, 0.15) is 6.42 Å². The van der Waals surface area contributed by atoms with Crippen LogP contribution in [0.3, 0.4) is 0 Å². The Labute approximate surface area is 101 Å². The third kappa shape index (κ3) is 6.33. The van der Waals surface area contributed by atoms with Gasteiger partial charge >= 0.3 is 8.80 Å². The fourth-order valence-corrected chi connectivity index (χ4v) is 3.59. The summed E-state index contributed by atoms with van der Waals surface area (Å²) in [7, 11) is 2.36. The van der Waals surface area contributed by atoms with E-state index in [9.17, 15) is 0 Å². The molecule has 0 unspecified atom stereocenters. The van der Waals surface area contributed by atoms with Gasteiger partial charge in [0.1, 0.15) is 0 Å². The molecule has 0 radical (unpaired) electrons. The van der Waals surface area contributed by atoms with Crippen molar-refractivity contribution in [2.75, 3.05) is 27.1 Å². The summed E-state index contributed by atoms with van der Waals surface area (Å²) in [6.45, 7) is 0. The van der Waals surface area contributed by atoms with Crippen LogP contribution in [-0.2, 0) is 17.5 Å². The van der Waals surface area contributed by atoms with E-state index in [2.05, 4.69) is 12.2 Å². The van der Waals surface area contributed by atoms with E-state index in [0.29, 0.717) is 0 Å². The summed E-state index contributed by atoms with van der Waals surface area (Å²) in [5.41, 5.74) is 5.16.